The highest BCUT2D eigenvalue weighted by Gasteiger charge is 2.07. The molecule has 0 aromatic heterocycles. The van der Waals surface area contributed by atoms with Crippen molar-refractivity contribution in [2.24, 2.45) is 5.92 Å². The Morgan fingerprint density at radius 3 is 0.686 bits per heavy atom. The van der Waals surface area contributed by atoms with E-state index in [0.29, 0.717) is 0 Å². The summed E-state index contributed by atoms with van der Waals surface area (Å²) in [6, 6.07) is 0. The van der Waals surface area contributed by atoms with E-state index in [4.69, 9.17) is 0 Å². The van der Waals surface area contributed by atoms with Gasteiger partial charge in [-0.1, -0.05) is 220 Å². The molecule has 0 heterocycles. The van der Waals surface area contributed by atoms with Crippen molar-refractivity contribution in [2.45, 2.75) is 220 Å². The number of rotatable bonds is 31. The van der Waals surface area contributed by atoms with Crippen LogP contribution in [0.25, 0.3) is 0 Å². The minimum Gasteiger partial charge on any atom is -0.0654 e. The highest BCUT2D eigenvalue weighted by atomic mass is 14.1. The molecule has 0 aliphatic carbocycles. The molecule has 0 saturated heterocycles. The fourth-order valence-electron chi connectivity index (χ4n) is 5.92. The van der Waals surface area contributed by atoms with Gasteiger partial charge in [0.25, 0.3) is 0 Å². The summed E-state index contributed by atoms with van der Waals surface area (Å²) >= 11 is 0. The molecule has 1 atom stereocenters. The second kappa shape index (κ2) is 32.0. The lowest BCUT2D eigenvalue weighted by Gasteiger charge is -2.16. The summed E-state index contributed by atoms with van der Waals surface area (Å²) in [7, 11) is 0. The molecule has 0 saturated carbocycles. The van der Waals surface area contributed by atoms with Crippen LogP contribution in [0.5, 0.6) is 0 Å². The van der Waals surface area contributed by atoms with Crippen molar-refractivity contribution in [3.05, 3.63) is 0 Å². The van der Waals surface area contributed by atoms with E-state index in [1.807, 2.05) is 0 Å². The van der Waals surface area contributed by atoms with Crippen molar-refractivity contribution >= 4 is 0 Å². The first-order valence-electron chi connectivity index (χ1n) is 17.3. The van der Waals surface area contributed by atoms with Crippen molar-refractivity contribution in [3.8, 4) is 0 Å². The summed E-state index contributed by atoms with van der Waals surface area (Å²) in [6.07, 6.45) is 45.8. The molecule has 0 heteroatoms. The zero-order valence-electron chi connectivity index (χ0n) is 25.5. The largest absolute Gasteiger partial charge is 0.0654 e. The van der Waals surface area contributed by atoms with Gasteiger partial charge in [-0.2, -0.15) is 0 Å². The summed E-state index contributed by atoms with van der Waals surface area (Å²) in [5.74, 6) is 1.03. The molecule has 0 aromatic carbocycles. The minimum absolute atomic E-state index is 1.03. The molecule has 0 N–H and O–H groups in total. The van der Waals surface area contributed by atoms with Crippen LogP contribution < -0.4 is 0 Å². The molecule has 0 aromatic rings. The SMILES string of the molecule is CCCCCCCCCCCCCCCCC(CCC)CCCCCCCCCCCCCCC. The molecule has 1 unspecified atom stereocenters. The van der Waals surface area contributed by atoms with Gasteiger partial charge in [-0.3, -0.25) is 0 Å². The predicted molar refractivity (Wildman–Crippen MR) is 164 cm³/mol. The van der Waals surface area contributed by atoms with Crippen LogP contribution in [0.1, 0.15) is 220 Å². The molecule has 35 heavy (non-hydrogen) atoms. The van der Waals surface area contributed by atoms with Crippen LogP contribution in [-0.4, -0.2) is 0 Å². The molecule has 212 valence electrons. The minimum atomic E-state index is 1.03. The average molecular weight is 493 g/mol. The van der Waals surface area contributed by atoms with Gasteiger partial charge in [0.2, 0.25) is 0 Å². The molecule has 0 fully saturated rings. The van der Waals surface area contributed by atoms with E-state index < -0.39 is 0 Å². The maximum atomic E-state index is 2.39. The van der Waals surface area contributed by atoms with Gasteiger partial charge in [-0.15, -0.1) is 0 Å². The monoisotopic (exact) mass is 493 g/mol. The summed E-state index contributed by atoms with van der Waals surface area (Å²) in [5, 5.41) is 0. The lowest BCUT2D eigenvalue weighted by Crippen LogP contribution is -2.00. The molecule has 0 bridgehead atoms. The topological polar surface area (TPSA) is 0 Å². The maximum absolute atomic E-state index is 2.39. The Balaban J connectivity index is 3.37. The van der Waals surface area contributed by atoms with Crippen LogP contribution in [-0.2, 0) is 0 Å². The zero-order chi connectivity index (χ0) is 25.5. The first-order valence-corrected chi connectivity index (χ1v) is 17.3. The molecule has 0 amide bonds. The van der Waals surface area contributed by atoms with Crippen molar-refractivity contribution < 1.29 is 0 Å². The van der Waals surface area contributed by atoms with Crippen molar-refractivity contribution in [1.29, 1.82) is 0 Å². The summed E-state index contributed by atoms with van der Waals surface area (Å²) in [5.41, 5.74) is 0. The highest BCUT2D eigenvalue weighted by Crippen LogP contribution is 2.23. The molecule has 0 aliphatic rings. The van der Waals surface area contributed by atoms with Gasteiger partial charge in [0, 0.05) is 0 Å². The Labute approximate surface area is 225 Å². The molecule has 0 nitrogen and oxygen atoms in total. The highest BCUT2D eigenvalue weighted by molar-refractivity contribution is 4.61. The molecule has 0 rings (SSSR count). The van der Waals surface area contributed by atoms with Crippen LogP contribution >= 0.6 is 0 Å². The first-order chi connectivity index (χ1) is 17.3. The van der Waals surface area contributed by atoms with Gasteiger partial charge in [0.15, 0.2) is 0 Å². The molecular formula is C35H72. The summed E-state index contributed by atoms with van der Waals surface area (Å²) in [4.78, 5) is 0. The standard InChI is InChI=1S/C35H72/c1-4-7-9-11-13-15-17-19-21-23-25-27-29-31-34-35(32-6-3)33-30-28-26-24-22-20-18-16-14-12-10-8-5-2/h35H,4-34H2,1-3H3. The molecule has 0 radical (unpaired) electrons. The van der Waals surface area contributed by atoms with Crippen molar-refractivity contribution in [3.63, 3.8) is 0 Å². The second-order valence-corrected chi connectivity index (χ2v) is 12.1. The Morgan fingerprint density at radius 2 is 0.457 bits per heavy atom. The van der Waals surface area contributed by atoms with Crippen LogP contribution in [0.2, 0.25) is 0 Å². The van der Waals surface area contributed by atoms with Crippen LogP contribution in [0, 0.1) is 5.92 Å². The third-order valence-corrected chi connectivity index (χ3v) is 8.38. The fraction of sp³-hybridized carbons (Fsp3) is 1.00. The van der Waals surface area contributed by atoms with Crippen LogP contribution in [0.4, 0.5) is 0 Å². The number of hydrogen-bond acceptors (Lipinski definition) is 0. The third-order valence-electron chi connectivity index (χ3n) is 8.38. The van der Waals surface area contributed by atoms with E-state index in [1.165, 1.54) is 199 Å². The molecule has 0 spiro atoms. The van der Waals surface area contributed by atoms with Crippen LogP contribution in [0.3, 0.4) is 0 Å². The van der Waals surface area contributed by atoms with Gasteiger partial charge in [0.05, 0.1) is 0 Å². The van der Waals surface area contributed by atoms with Gasteiger partial charge in [-0.25, -0.2) is 0 Å². The Hall–Kier alpha value is 0. The van der Waals surface area contributed by atoms with E-state index in [1.54, 1.807) is 0 Å². The maximum Gasteiger partial charge on any atom is -0.0414 e. The normalized spacial score (nSPS) is 12.4. The molecule has 0 aliphatic heterocycles. The van der Waals surface area contributed by atoms with Gasteiger partial charge in [-0.05, 0) is 5.92 Å². The lowest BCUT2D eigenvalue weighted by atomic mass is 9.90. The van der Waals surface area contributed by atoms with E-state index in [9.17, 15) is 0 Å². The van der Waals surface area contributed by atoms with E-state index >= 15 is 0 Å². The lowest BCUT2D eigenvalue weighted by molar-refractivity contribution is 0.376. The zero-order valence-corrected chi connectivity index (χ0v) is 25.5. The smallest absolute Gasteiger partial charge is 0.0414 e. The van der Waals surface area contributed by atoms with E-state index in [0.717, 1.165) is 5.92 Å². The van der Waals surface area contributed by atoms with E-state index in [-0.39, 0.29) is 0 Å². The second-order valence-electron chi connectivity index (χ2n) is 12.1. The average Bonchev–Trinajstić information content (AvgIpc) is 2.87. The Bertz CT molecular complexity index is 346. The van der Waals surface area contributed by atoms with Crippen molar-refractivity contribution in [2.75, 3.05) is 0 Å². The van der Waals surface area contributed by atoms with Gasteiger partial charge >= 0.3 is 0 Å². The number of unbranched alkanes of at least 4 members (excludes halogenated alkanes) is 25. The Kier molecular flexibility index (Phi) is 32.0. The Morgan fingerprint density at radius 1 is 0.229 bits per heavy atom. The quantitative estimate of drug-likeness (QED) is 0.0844. The summed E-state index contributed by atoms with van der Waals surface area (Å²) < 4.78 is 0. The fourth-order valence-corrected chi connectivity index (χ4v) is 5.92. The van der Waals surface area contributed by atoms with Gasteiger partial charge < -0.3 is 0 Å². The van der Waals surface area contributed by atoms with E-state index in [2.05, 4.69) is 20.8 Å². The first kappa shape index (κ1) is 35.0. The number of hydrogen-bond donors (Lipinski definition) is 0. The van der Waals surface area contributed by atoms with Crippen LogP contribution in [0.15, 0.2) is 0 Å². The molecular weight excluding hydrogens is 420 g/mol. The van der Waals surface area contributed by atoms with Crippen molar-refractivity contribution in [1.82, 2.24) is 0 Å². The summed E-state index contributed by atoms with van der Waals surface area (Å²) in [6.45, 7) is 7.01. The van der Waals surface area contributed by atoms with Gasteiger partial charge in [0.1, 0.15) is 0 Å². The predicted octanol–water partition coefficient (Wildman–Crippen LogP) is 13.8. The third kappa shape index (κ3) is 30.1.